The lowest BCUT2D eigenvalue weighted by Crippen LogP contribution is -2.45. The highest BCUT2D eigenvalue weighted by Gasteiger charge is 2.39. The fraction of sp³-hybridized carbons (Fsp3) is 0.364. The molecule has 0 bridgehead atoms. The van der Waals surface area contributed by atoms with Crippen LogP contribution in [0.2, 0.25) is 0 Å². The van der Waals surface area contributed by atoms with E-state index in [1.807, 2.05) is 0 Å². The van der Waals surface area contributed by atoms with Crippen molar-refractivity contribution in [3.05, 3.63) is 44.2 Å². The Morgan fingerprint density at radius 3 is 2.89 bits per heavy atom. The van der Waals surface area contributed by atoms with E-state index in [-0.39, 0.29) is 24.3 Å². The minimum absolute atomic E-state index is 0.0950. The Morgan fingerprint density at radius 2 is 2.22 bits per heavy atom. The summed E-state index contributed by atoms with van der Waals surface area (Å²) in [4.78, 5) is 21.8. The summed E-state index contributed by atoms with van der Waals surface area (Å²) >= 11 is 3.19. The van der Waals surface area contributed by atoms with Gasteiger partial charge in [-0.1, -0.05) is 15.9 Å². The van der Waals surface area contributed by atoms with E-state index in [0.717, 1.165) is 0 Å². The van der Waals surface area contributed by atoms with Gasteiger partial charge in [0.2, 0.25) is 11.9 Å². The molecule has 5 nitrogen and oxygen atoms in total. The summed E-state index contributed by atoms with van der Waals surface area (Å²) in [6, 6.07) is 2.27. The third-order valence-electron chi connectivity index (χ3n) is 2.93. The van der Waals surface area contributed by atoms with Gasteiger partial charge in [-0.15, -0.1) is 0 Å². The van der Waals surface area contributed by atoms with Crippen LogP contribution in [0.1, 0.15) is 24.4 Å². The van der Waals surface area contributed by atoms with Crippen molar-refractivity contribution in [2.24, 2.45) is 0 Å². The molecule has 1 fully saturated rings. The predicted octanol–water partition coefficient (Wildman–Crippen LogP) is 2.18. The van der Waals surface area contributed by atoms with Gasteiger partial charge in [-0.2, -0.15) is 0 Å². The van der Waals surface area contributed by atoms with Gasteiger partial charge in [0.05, 0.1) is 0 Å². The second-order valence-electron chi connectivity index (χ2n) is 4.10. The van der Waals surface area contributed by atoms with Crippen molar-refractivity contribution in [3.8, 4) is 0 Å². The summed E-state index contributed by atoms with van der Waals surface area (Å²) in [5.74, 6) is -0.852. The average molecular weight is 317 g/mol. The van der Waals surface area contributed by atoms with Crippen LogP contribution >= 0.6 is 15.9 Å². The zero-order valence-corrected chi connectivity index (χ0v) is 10.8. The van der Waals surface area contributed by atoms with Crippen LogP contribution in [0.3, 0.4) is 0 Å². The van der Waals surface area contributed by atoms with Gasteiger partial charge in [-0.3, -0.25) is 14.9 Å². The minimum Gasteiger partial charge on any atom is -0.342 e. The molecule has 0 aliphatic carbocycles. The van der Waals surface area contributed by atoms with E-state index in [1.165, 1.54) is 18.2 Å². The van der Waals surface area contributed by atoms with E-state index in [4.69, 9.17) is 0 Å². The van der Waals surface area contributed by atoms with E-state index >= 15 is 0 Å². The molecule has 1 heterocycles. The molecule has 18 heavy (non-hydrogen) atoms. The second kappa shape index (κ2) is 5.01. The van der Waals surface area contributed by atoms with Crippen LogP contribution in [0, 0.1) is 15.9 Å². The van der Waals surface area contributed by atoms with Crippen LogP contribution in [-0.2, 0) is 4.79 Å². The van der Waals surface area contributed by atoms with E-state index in [9.17, 15) is 19.3 Å². The fourth-order valence-corrected chi connectivity index (χ4v) is 2.43. The molecule has 1 saturated heterocycles. The molecule has 0 radical (unpaired) electrons. The zero-order valence-electron chi connectivity index (χ0n) is 9.23. The van der Waals surface area contributed by atoms with Crippen LogP contribution in [0.15, 0.2) is 22.7 Å². The SMILES string of the molecule is O=C1CC[C@H]([N+](=O)[O-])[C@H](c2cc(Br)ccc2F)N1. The quantitative estimate of drug-likeness (QED) is 0.671. The first-order valence-corrected chi connectivity index (χ1v) is 6.16. The first-order valence-electron chi connectivity index (χ1n) is 5.37. The molecule has 1 aromatic rings. The van der Waals surface area contributed by atoms with Crippen LogP contribution < -0.4 is 5.32 Å². The van der Waals surface area contributed by atoms with Crippen molar-refractivity contribution in [2.75, 3.05) is 0 Å². The van der Waals surface area contributed by atoms with Crippen molar-refractivity contribution in [2.45, 2.75) is 24.9 Å². The zero-order chi connectivity index (χ0) is 13.3. The van der Waals surface area contributed by atoms with Crippen molar-refractivity contribution < 1.29 is 14.1 Å². The van der Waals surface area contributed by atoms with Gasteiger partial charge in [0.25, 0.3) is 0 Å². The lowest BCUT2D eigenvalue weighted by Gasteiger charge is -2.27. The first kappa shape index (κ1) is 12.9. The topological polar surface area (TPSA) is 72.2 Å². The number of carbonyl (C=O) groups excluding carboxylic acids is 1. The van der Waals surface area contributed by atoms with E-state index in [1.54, 1.807) is 0 Å². The van der Waals surface area contributed by atoms with Gasteiger partial charge in [0.15, 0.2) is 0 Å². The number of hydrogen-bond donors (Lipinski definition) is 1. The standard InChI is InChI=1S/C11H10BrFN2O3/c12-6-1-2-8(13)7(5-6)11-9(15(17)18)3-4-10(16)14-11/h1-2,5,9,11H,3-4H2,(H,14,16)/t9-,11-/m0/s1. The molecule has 0 spiro atoms. The number of piperidine rings is 1. The summed E-state index contributed by atoms with van der Waals surface area (Å²) in [6.45, 7) is 0. The maximum atomic E-state index is 13.7. The van der Waals surface area contributed by atoms with Crippen LogP contribution in [0.25, 0.3) is 0 Å². The second-order valence-corrected chi connectivity index (χ2v) is 5.02. The number of hydrogen-bond acceptors (Lipinski definition) is 3. The monoisotopic (exact) mass is 316 g/mol. The molecule has 96 valence electrons. The Labute approximate surface area is 111 Å². The molecule has 1 aliphatic rings. The molecule has 2 rings (SSSR count). The molecule has 1 aromatic carbocycles. The molecule has 2 atom stereocenters. The third kappa shape index (κ3) is 2.50. The highest BCUT2D eigenvalue weighted by molar-refractivity contribution is 9.10. The van der Waals surface area contributed by atoms with Gasteiger partial charge in [0.1, 0.15) is 11.9 Å². The van der Waals surface area contributed by atoms with Crippen LogP contribution in [0.5, 0.6) is 0 Å². The van der Waals surface area contributed by atoms with Crippen molar-refractivity contribution in [3.63, 3.8) is 0 Å². The van der Waals surface area contributed by atoms with Crippen LogP contribution in [-0.4, -0.2) is 16.9 Å². The summed E-state index contributed by atoms with van der Waals surface area (Å²) in [7, 11) is 0. The molecule has 0 saturated carbocycles. The van der Waals surface area contributed by atoms with Gasteiger partial charge in [-0.25, -0.2) is 4.39 Å². The van der Waals surface area contributed by atoms with Crippen molar-refractivity contribution >= 4 is 21.8 Å². The first-order chi connectivity index (χ1) is 8.49. The lowest BCUT2D eigenvalue weighted by molar-refractivity contribution is -0.529. The largest absolute Gasteiger partial charge is 0.342 e. The van der Waals surface area contributed by atoms with Gasteiger partial charge in [-0.05, 0) is 18.2 Å². The molecule has 0 unspecified atom stereocenters. The number of carbonyl (C=O) groups is 1. The normalized spacial score (nSPS) is 23.6. The van der Waals surface area contributed by atoms with Crippen LogP contribution in [0.4, 0.5) is 4.39 Å². The summed E-state index contributed by atoms with van der Waals surface area (Å²) in [6.07, 6.45) is 0.215. The van der Waals surface area contributed by atoms with E-state index in [2.05, 4.69) is 21.2 Å². The highest BCUT2D eigenvalue weighted by atomic mass is 79.9. The van der Waals surface area contributed by atoms with Crippen molar-refractivity contribution in [1.82, 2.24) is 5.32 Å². The summed E-state index contributed by atoms with van der Waals surface area (Å²) in [5.41, 5.74) is 0.138. The Kier molecular flexibility index (Phi) is 3.60. The van der Waals surface area contributed by atoms with Crippen molar-refractivity contribution in [1.29, 1.82) is 0 Å². The molecule has 1 amide bonds. The summed E-state index contributed by atoms with van der Waals surface area (Å²) in [5, 5.41) is 13.5. The van der Waals surface area contributed by atoms with Gasteiger partial charge >= 0.3 is 0 Å². The summed E-state index contributed by atoms with van der Waals surface area (Å²) < 4.78 is 14.3. The van der Waals surface area contributed by atoms with E-state index in [0.29, 0.717) is 4.47 Å². The highest BCUT2D eigenvalue weighted by Crippen LogP contribution is 2.29. The Balaban J connectivity index is 2.40. The predicted molar refractivity (Wildman–Crippen MR) is 65.0 cm³/mol. The number of benzene rings is 1. The Hall–Kier alpha value is -1.50. The number of nitrogens with zero attached hydrogens (tertiary/aromatic N) is 1. The average Bonchev–Trinajstić information content (AvgIpc) is 2.31. The fourth-order valence-electron chi connectivity index (χ4n) is 2.05. The lowest BCUT2D eigenvalue weighted by atomic mass is 9.92. The number of halogens is 2. The minimum atomic E-state index is -0.994. The third-order valence-corrected chi connectivity index (χ3v) is 3.43. The van der Waals surface area contributed by atoms with Gasteiger partial charge in [0, 0.05) is 27.8 Å². The Morgan fingerprint density at radius 1 is 1.50 bits per heavy atom. The van der Waals surface area contributed by atoms with Gasteiger partial charge < -0.3 is 5.32 Å². The smallest absolute Gasteiger partial charge is 0.237 e. The maximum Gasteiger partial charge on any atom is 0.237 e. The number of rotatable bonds is 2. The number of nitrogens with one attached hydrogen (secondary N) is 1. The maximum absolute atomic E-state index is 13.7. The Bertz CT molecular complexity index is 509. The molecule has 1 aliphatic heterocycles. The van der Waals surface area contributed by atoms with E-state index < -0.39 is 22.8 Å². The molecule has 1 N–H and O–H groups in total. The molecular formula is C11H10BrFN2O3. The molecule has 7 heteroatoms. The number of amides is 1. The molecular weight excluding hydrogens is 307 g/mol. The molecule has 0 aromatic heterocycles. The number of nitro groups is 1.